The summed E-state index contributed by atoms with van der Waals surface area (Å²) in [7, 11) is 5.73. The van der Waals surface area contributed by atoms with Crippen LogP contribution >= 0.6 is 0 Å². The van der Waals surface area contributed by atoms with E-state index < -0.39 is 0 Å². The second kappa shape index (κ2) is 5.10. The molecule has 18 heavy (non-hydrogen) atoms. The minimum atomic E-state index is 0.477. The molecule has 2 aromatic rings. The smallest absolute Gasteiger partial charge is 0.145 e. The fourth-order valence-corrected chi connectivity index (χ4v) is 1.98. The highest BCUT2D eigenvalue weighted by Gasteiger charge is 2.12. The van der Waals surface area contributed by atoms with E-state index >= 15 is 0 Å². The molecule has 3 N–H and O–H groups in total. The Labute approximate surface area is 107 Å². The van der Waals surface area contributed by atoms with Crippen LogP contribution in [0.3, 0.4) is 0 Å². The number of nitrogen functional groups attached to an aromatic ring is 1. The van der Waals surface area contributed by atoms with Crippen LogP contribution < -0.4 is 10.5 Å². The molecule has 0 bridgehead atoms. The first kappa shape index (κ1) is 12.4. The molecule has 0 atom stereocenters. The zero-order valence-corrected chi connectivity index (χ0v) is 10.9. The van der Waals surface area contributed by atoms with Crippen molar-refractivity contribution in [2.24, 2.45) is 0 Å². The summed E-state index contributed by atoms with van der Waals surface area (Å²) in [5.41, 5.74) is 8.61. The highest BCUT2D eigenvalue weighted by Crippen LogP contribution is 2.33. The van der Waals surface area contributed by atoms with E-state index in [9.17, 15) is 0 Å². The van der Waals surface area contributed by atoms with Crippen LogP contribution in [0.15, 0.2) is 24.3 Å². The van der Waals surface area contributed by atoms with Gasteiger partial charge >= 0.3 is 0 Å². The molecular formula is C13H18N4O. The number of nitrogens with one attached hydrogen (secondary N) is 1. The average molecular weight is 246 g/mol. The number of hydrogen-bond acceptors (Lipinski definition) is 4. The van der Waals surface area contributed by atoms with Crippen molar-refractivity contribution in [1.29, 1.82) is 0 Å². The first-order valence-corrected chi connectivity index (χ1v) is 5.73. The molecule has 0 fully saturated rings. The largest absolute Gasteiger partial charge is 0.496 e. The van der Waals surface area contributed by atoms with Crippen molar-refractivity contribution in [3.8, 4) is 17.0 Å². The number of para-hydroxylation sites is 1. The number of aromatic amines is 1. The third kappa shape index (κ3) is 2.46. The van der Waals surface area contributed by atoms with Gasteiger partial charge in [-0.3, -0.25) is 5.10 Å². The van der Waals surface area contributed by atoms with Crippen molar-refractivity contribution in [2.45, 2.75) is 6.54 Å². The first-order valence-electron chi connectivity index (χ1n) is 5.73. The molecule has 0 amide bonds. The van der Waals surface area contributed by atoms with Crippen LogP contribution in [0.5, 0.6) is 5.75 Å². The number of methoxy groups -OCH3 is 1. The van der Waals surface area contributed by atoms with E-state index in [1.54, 1.807) is 13.2 Å². The van der Waals surface area contributed by atoms with Gasteiger partial charge in [0, 0.05) is 23.7 Å². The number of nitrogens with zero attached hydrogens (tertiary/aromatic N) is 2. The lowest BCUT2D eigenvalue weighted by molar-refractivity contribution is 0.373. The van der Waals surface area contributed by atoms with E-state index in [-0.39, 0.29) is 0 Å². The molecule has 0 saturated carbocycles. The van der Waals surface area contributed by atoms with Crippen molar-refractivity contribution in [3.05, 3.63) is 29.8 Å². The van der Waals surface area contributed by atoms with Crippen LogP contribution in [0.25, 0.3) is 11.3 Å². The van der Waals surface area contributed by atoms with Crippen molar-refractivity contribution in [3.63, 3.8) is 0 Å². The Morgan fingerprint density at radius 2 is 2.17 bits per heavy atom. The SMILES string of the molecule is COc1c(CN(C)C)cccc1-c1cc(N)n[nH]1. The van der Waals surface area contributed by atoms with Gasteiger partial charge in [-0.15, -0.1) is 0 Å². The Morgan fingerprint density at radius 1 is 1.39 bits per heavy atom. The molecule has 0 aliphatic rings. The second-order valence-electron chi connectivity index (χ2n) is 4.44. The van der Waals surface area contributed by atoms with E-state index in [0.29, 0.717) is 5.82 Å². The monoisotopic (exact) mass is 246 g/mol. The van der Waals surface area contributed by atoms with E-state index in [0.717, 1.165) is 29.1 Å². The van der Waals surface area contributed by atoms with Crippen LogP contribution in [-0.4, -0.2) is 36.3 Å². The van der Waals surface area contributed by atoms with Crippen molar-refractivity contribution >= 4 is 5.82 Å². The molecule has 1 aromatic heterocycles. The fourth-order valence-electron chi connectivity index (χ4n) is 1.98. The minimum absolute atomic E-state index is 0.477. The lowest BCUT2D eigenvalue weighted by Crippen LogP contribution is -2.11. The Balaban J connectivity index is 2.47. The number of rotatable bonds is 4. The molecule has 0 aliphatic carbocycles. The van der Waals surface area contributed by atoms with Gasteiger partial charge in [-0.25, -0.2) is 0 Å². The summed E-state index contributed by atoms with van der Waals surface area (Å²) in [5.74, 6) is 1.33. The molecule has 5 nitrogen and oxygen atoms in total. The highest BCUT2D eigenvalue weighted by molar-refractivity contribution is 5.70. The third-order valence-electron chi connectivity index (χ3n) is 2.68. The maximum absolute atomic E-state index is 5.63. The number of benzene rings is 1. The van der Waals surface area contributed by atoms with Gasteiger partial charge in [0.25, 0.3) is 0 Å². The van der Waals surface area contributed by atoms with Gasteiger partial charge in [0.05, 0.1) is 12.8 Å². The third-order valence-corrected chi connectivity index (χ3v) is 2.68. The summed E-state index contributed by atoms with van der Waals surface area (Å²) in [6, 6.07) is 7.86. The van der Waals surface area contributed by atoms with Gasteiger partial charge in [-0.05, 0) is 20.2 Å². The topological polar surface area (TPSA) is 67.2 Å². The van der Waals surface area contributed by atoms with E-state index in [1.807, 2.05) is 26.2 Å². The lowest BCUT2D eigenvalue weighted by Gasteiger charge is -2.15. The number of H-pyrrole nitrogens is 1. The summed E-state index contributed by atoms with van der Waals surface area (Å²) >= 11 is 0. The number of nitrogens with two attached hydrogens (primary N) is 1. The van der Waals surface area contributed by atoms with Crippen LogP contribution in [-0.2, 0) is 6.54 Å². The molecule has 0 saturated heterocycles. The van der Waals surface area contributed by atoms with Crippen molar-refractivity contribution < 1.29 is 4.74 Å². The summed E-state index contributed by atoms with van der Waals surface area (Å²) in [4.78, 5) is 2.10. The van der Waals surface area contributed by atoms with Gasteiger partial charge in [0.2, 0.25) is 0 Å². The van der Waals surface area contributed by atoms with Crippen LogP contribution in [0.2, 0.25) is 0 Å². The van der Waals surface area contributed by atoms with E-state index in [2.05, 4.69) is 21.2 Å². The molecule has 0 aliphatic heterocycles. The number of anilines is 1. The Bertz CT molecular complexity index is 534. The molecule has 2 rings (SSSR count). The normalized spacial score (nSPS) is 10.9. The number of ether oxygens (including phenoxy) is 1. The zero-order valence-electron chi connectivity index (χ0n) is 10.9. The standard InChI is InChI=1S/C13H18N4O/c1-17(2)8-9-5-4-6-10(13(9)18-3)11-7-12(14)16-15-11/h4-7H,8H2,1-3H3,(H3,14,15,16). The first-order chi connectivity index (χ1) is 8.61. The summed E-state index contributed by atoms with van der Waals surface area (Å²) in [5, 5.41) is 6.85. The van der Waals surface area contributed by atoms with Crippen LogP contribution in [0.1, 0.15) is 5.56 Å². The molecule has 5 heteroatoms. The maximum atomic E-state index is 5.63. The van der Waals surface area contributed by atoms with Crippen LogP contribution in [0.4, 0.5) is 5.82 Å². The predicted molar refractivity (Wildman–Crippen MR) is 72.4 cm³/mol. The van der Waals surface area contributed by atoms with Gasteiger partial charge in [-0.1, -0.05) is 12.1 Å². The summed E-state index contributed by atoms with van der Waals surface area (Å²) in [6.07, 6.45) is 0. The van der Waals surface area contributed by atoms with Crippen molar-refractivity contribution in [1.82, 2.24) is 15.1 Å². The molecule has 0 spiro atoms. The van der Waals surface area contributed by atoms with E-state index in [4.69, 9.17) is 10.5 Å². The number of hydrogen-bond donors (Lipinski definition) is 2. The Morgan fingerprint density at radius 3 is 2.72 bits per heavy atom. The molecule has 1 aromatic carbocycles. The lowest BCUT2D eigenvalue weighted by atomic mass is 10.1. The Kier molecular flexibility index (Phi) is 3.53. The summed E-state index contributed by atoms with van der Waals surface area (Å²) in [6.45, 7) is 0.820. The summed E-state index contributed by atoms with van der Waals surface area (Å²) < 4.78 is 5.53. The van der Waals surface area contributed by atoms with Gasteiger partial charge in [-0.2, -0.15) is 5.10 Å². The maximum Gasteiger partial charge on any atom is 0.145 e. The number of aromatic nitrogens is 2. The highest BCUT2D eigenvalue weighted by atomic mass is 16.5. The molecule has 0 unspecified atom stereocenters. The Hall–Kier alpha value is -2.01. The van der Waals surface area contributed by atoms with E-state index in [1.165, 1.54) is 0 Å². The molecular weight excluding hydrogens is 228 g/mol. The minimum Gasteiger partial charge on any atom is -0.496 e. The molecule has 0 radical (unpaired) electrons. The fraction of sp³-hybridized carbons (Fsp3) is 0.308. The molecule has 1 heterocycles. The van der Waals surface area contributed by atoms with Crippen LogP contribution in [0, 0.1) is 0 Å². The average Bonchev–Trinajstić information content (AvgIpc) is 2.74. The van der Waals surface area contributed by atoms with Gasteiger partial charge in [0.1, 0.15) is 11.6 Å². The quantitative estimate of drug-likeness (QED) is 0.862. The van der Waals surface area contributed by atoms with Gasteiger partial charge in [0.15, 0.2) is 0 Å². The molecule has 96 valence electrons. The van der Waals surface area contributed by atoms with Crippen molar-refractivity contribution in [2.75, 3.05) is 26.9 Å². The van der Waals surface area contributed by atoms with Gasteiger partial charge < -0.3 is 15.4 Å². The predicted octanol–water partition coefficient (Wildman–Crippen LogP) is 1.73. The second-order valence-corrected chi connectivity index (χ2v) is 4.44. The zero-order chi connectivity index (χ0) is 13.1.